The van der Waals surface area contributed by atoms with E-state index in [-0.39, 0.29) is 18.5 Å². The summed E-state index contributed by atoms with van der Waals surface area (Å²) >= 11 is 3.46. The summed E-state index contributed by atoms with van der Waals surface area (Å²) in [6, 6.07) is 22.6. The molecule has 0 saturated carbocycles. The van der Waals surface area contributed by atoms with E-state index in [1.165, 1.54) is 10.0 Å². The number of fused-ring (bicyclic) bond motifs is 1. The van der Waals surface area contributed by atoms with Gasteiger partial charge in [-0.25, -0.2) is 9.91 Å². The number of hydrogen-bond donors (Lipinski definition) is 0. The topological polar surface area (TPSA) is 98.0 Å². The summed E-state index contributed by atoms with van der Waals surface area (Å²) < 4.78 is 0.956. The third-order valence-electron chi connectivity index (χ3n) is 7.29. The van der Waals surface area contributed by atoms with E-state index < -0.39 is 23.9 Å². The summed E-state index contributed by atoms with van der Waals surface area (Å²) in [4.78, 5) is 41.3. The van der Waals surface area contributed by atoms with Crippen LogP contribution in [0.4, 0.5) is 5.69 Å². The highest BCUT2D eigenvalue weighted by Gasteiger charge is 2.55. The molecule has 0 bridgehead atoms. The smallest absolute Gasteiger partial charge is 0.264 e. The Morgan fingerprint density at radius 1 is 0.949 bits per heavy atom. The minimum absolute atomic E-state index is 0.229. The van der Waals surface area contributed by atoms with Crippen LogP contribution in [0.25, 0.3) is 0 Å². The van der Waals surface area contributed by atoms with Gasteiger partial charge in [0, 0.05) is 10.9 Å². The van der Waals surface area contributed by atoms with Gasteiger partial charge in [0.25, 0.3) is 17.7 Å². The zero-order chi connectivity index (χ0) is 27.1. The van der Waals surface area contributed by atoms with Gasteiger partial charge in [0.1, 0.15) is 6.54 Å². The Hall–Kier alpha value is -4.18. The minimum Gasteiger partial charge on any atom is -0.271 e. The van der Waals surface area contributed by atoms with Crippen LogP contribution in [0.1, 0.15) is 36.1 Å². The van der Waals surface area contributed by atoms with Gasteiger partial charge in [-0.15, -0.1) is 0 Å². The standard InChI is InChI=1S/C29H25BrN6O3/c1-2-18-8-14-22(15-9-18)35-28(38)26-27(29(35)39)34(33-31-26)17-25(37)36-24(20-6-4-3-5-7-20)16-23(32-36)19-10-12-21(30)13-11-19/h3-15,24,26-27H,2,16-17H2,1H3/t24-,26-,27+/m0/s1. The number of halogens is 1. The van der Waals surface area contributed by atoms with Crippen molar-refractivity contribution in [1.29, 1.82) is 0 Å². The van der Waals surface area contributed by atoms with Crippen LogP contribution in [0.2, 0.25) is 0 Å². The Balaban J connectivity index is 1.24. The van der Waals surface area contributed by atoms with Crippen LogP contribution in [0, 0.1) is 0 Å². The first-order valence-electron chi connectivity index (χ1n) is 12.8. The predicted molar refractivity (Wildman–Crippen MR) is 149 cm³/mol. The molecule has 1 saturated heterocycles. The number of nitrogens with zero attached hydrogens (tertiary/aromatic N) is 6. The second-order valence-electron chi connectivity index (χ2n) is 9.65. The number of carbonyl (C=O) groups excluding carboxylic acids is 3. The lowest BCUT2D eigenvalue weighted by molar-refractivity contribution is -0.135. The molecule has 39 heavy (non-hydrogen) atoms. The molecule has 196 valence electrons. The van der Waals surface area contributed by atoms with Gasteiger partial charge < -0.3 is 0 Å². The highest BCUT2D eigenvalue weighted by Crippen LogP contribution is 2.35. The molecule has 3 aliphatic heterocycles. The summed E-state index contributed by atoms with van der Waals surface area (Å²) in [7, 11) is 0. The Kier molecular flexibility index (Phi) is 6.56. The Morgan fingerprint density at radius 2 is 1.67 bits per heavy atom. The maximum Gasteiger partial charge on any atom is 0.264 e. The van der Waals surface area contributed by atoms with Gasteiger partial charge in [0.05, 0.1) is 17.4 Å². The second-order valence-corrected chi connectivity index (χ2v) is 10.6. The van der Waals surface area contributed by atoms with Crippen molar-refractivity contribution in [3.63, 3.8) is 0 Å². The van der Waals surface area contributed by atoms with Crippen molar-refractivity contribution < 1.29 is 14.4 Å². The SMILES string of the molecule is CCc1ccc(N2C(=O)[C@H]3N=NN(CC(=O)N4N=C(c5ccc(Br)cc5)C[C@H]4c4ccccc4)[C@H]3C2=O)cc1. The molecule has 3 aromatic rings. The van der Waals surface area contributed by atoms with E-state index in [4.69, 9.17) is 5.10 Å². The van der Waals surface area contributed by atoms with Crippen molar-refractivity contribution in [1.82, 2.24) is 10.0 Å². The van der Waals surface area contributed by atoms with E-state index in [1.807, 2.05) is 73.7 Å². The van der Waals surface area contributed by atoms with E-state index in [0.717, 1.165) is 38.2 Å². The molecule has 0 aromatic heterocycles. The number of carbonyl (C=O) groups is 3. The molecule has 3 aromatic carbocycles. The molecule has 6 rings (SSSR count). The molecule has 1 fully saturated rings. The highest BCUT2D eigenvalue weighted by molar-refractivity contribution is 9.10. The van der Waals surface area contributed by atoms with Crippen LogP contribution in [0.3, 0.4) is 0 Å². The van der Waals surface area contributed by atoms with E-state index in [0.29, 0.717) is 12.1 Å². The molecule has 3 atom stereocenters. The fraction of sp³-hybridized carbons (Fsp3) is 0.241. The average Bonchev–Trinajstić information content (AvgIpc) is 3.65. The molecule has 10 heteroatoms. The van der Waals surface area contributed by atoms with Gasteiger partial charge in [-0.2, -0.15) is 10.2 Å². The first-order chi connectivity index (χ1) is 18.9. The normalized spacial score (nSPS) is 22.1. The number of aryl methyl sites for hydroxylation is 1. The molecule has 3 amide bonds. The molecule has 3 aliphatic rings. The molecule has 0 aliphatic carbocycles. The zero-order valence-corrected chi connectivity index (χ0v) is 22.7. The monoisotopic (exact) mass is 584 g/mol. The van der Waals surface area contributed by atoms with Crippen LogP contribution in [0.15, 0.2) is 98.8 Å². The van der Waals surface area contributed by atoms with Crippen LogP contribution in [0.5, 0.6) is 0 Å². The first-order valence-corrected chi connectivity index (χ1v) is 13.6. The van der Waals surface area contributed by atoms with E-state index in [9.17, 15) is 14.4 Å². The number of hydrogen-bond acceptors (Lipinski definition) is 7. The average molecular weight is 585 g/mol. The van der Waals surface area contributed by atoms with Crippen molar-refractivity contribution in [2.24, 2.45) is 15.4 Å². The summed E-state index contributed by atoms with van der Waals surface area (Å²) in [5.74, 6) is -1.21. The van der Waals surface area contributed by atoms with Gasteiger partial charge in [0.15, 0.2) is 12.1 Å². The summed E-state index contributed by atoms with van der Waals surface area (Å²) in [5.41, 5.74) is 4.27. The Bertz CT molecular complexity index is 1490. The Morgan fingerprint density at radius 3 is 2.36 bits per heavy atom. The molecular weight excluding hydrogens is 560 g/mol. The van der Waals surface area contributed by atoms with Crippen molar-refractivity contribution in [2.75, 3.05) is 11.4 Å². The second kappa shape index (κ2) is 10.2. The van der Waals surface area contributed by atoms with Crippen molar-refractivity contribution >= 4 is 45.1 Å². The largest absolute Gasteiger partial charge is 0.271 e. The fourth-order valence-electron chi connectivity index (χ4n) is 5.19. The van der Waals surface area contributed by atoms with E-state index >= 15 is 0 Å². The van der Waals surface area contributed by atoms with Gasteiger partial charge in [-0.1, -0.05) is 82.7 Å². The van der Waals surface area contributed by atoms with E-state index in [1.54, 1.807) is 12.1 Å². The Labute approximate surface area is 233 Å². The molecule has 0 spiro atoms. The van der Waals surface area contributed by atoms with Gasteiger partial charge >= 0.3 is 0 Å². The third kappa shape index (κ3) is 4.54. The molecule has 0 N–H and O–H groups in total. The van der Waals surface area contributed by atoms with Crippen molar-refractivity contribution in [3.8, 4) is 0 Å². The predicted octanol–water partition coefficient (Wildman–Crippen LogP) is 4.68. The maximum absolute atomic E-state index is 13.7. The summed E-state index contributed by atoms with van der Waals surface area (Å²) in [5, 5.41) is 15.6. The molecule has 3 heterocycles. The number of anilines is 1. The van der Waals surface area contributed by atoms with E-state index in [2.05, 4.69) is 26.3 Å². The minimum atomic E-state index is -0.971. The van der Waals surface area contributed by atoms with Crippen LogP contribution < -0.4 is 4.90 Å². The number of hydrazone groups is 1. The molecule has 0 unspecified atom stereocenters. The molecule has 0 radical (unpaired) electrons. The zero-order valence-electron chi connectivity index (χ0n) is 21.1. The molecule has 9 nitrogen and oxygen atoms in total. The lowest BCUT2D eigenvalue weighted by atomic mass is 9.98. The fourth-order valence-corrected chi connectivity index (χ4v) is 5.46. The maximum atomic E-state index is 13.7. The van der Waals surface area contributed by atoms with Crippen LogP contribution in [-0.4, -0.2) is 52.1 Å². The van der Waals surface area contributed by atoms with Gasteiger partial charge in [-0.05, 0) is 47.4 Å². The van der Waals surface area contributed by atoms with Gasteiger partial charge in [-0.3, -0.25) is 19.4 Å². The third-order valence-corrected chi connectivity index (χ3v) is 7.81. The van der Waals surface area contributed by atoms with Crippen LogP contribution in [-0.2, 0) is 20.8 Å². The number of benzene rings is 3. The van der Waals surface area contributed by atoms with Crippen LogP contribution >= 0.6 is 15.9 Å². The quantitative estimate of drug-likeness (QED) is 0.393. The highest BCUT2D eigenvalue weighted by atomic mass is 79.9. The van der Waals surface area contributed by atoms with Gasteiger partial charge in [0.2, 0.25) is 0 Å². The number of amides is 3. The number of imide groups is 1. The van der Waals surface area contributed by atoms with Crippen molar-refractivity contribution in [3.05, 3.63) is 100 Å². The lowest BCUT2D eigenvalue weighted by Gasteiger charge is -2.25. The first kappa shape index (κ1) is 25.1. The summed E-state index contributed by atoms with van der Waals surface area (Å²) in [6.45, 7) is 1.81. The summed E-state index contributed by atoms with van der Waals surface area (Å²) in [6.07, 6.45) is 1.40. The number of rotatable bonds is 6. The van der Waals surface area contributed by atoms with Crippen molar-refractivity contribution in [2.45, 2.75) is 37.9 Å². The lowest BCUT2D eigenvalue weighted by Crippen LogP contribution is -2.44. The molecular formula is C29H25BrN6O3.